The van der Waals surface area contributed by atoms with Crippen molar-refractivity contribution < 1.29 is 22.8 Å². The number of alkyl halides is 3. The van der Waals surface area contributed by atoms with Crippen molar-refractivity contribution in [2.24, 2.45) is 23.7 Å². The third-order valence-electron chi connectivity index (χ3n) is 6.35. The highest BCUT2D eigenvalue weighted by Crippen LogP contribution is 2.53. The van der Waals surface area contributed by atoms with E-state index in [1.165, 1.54) is 28.4 Å². The Kier molecular flexibility index (Phi) is 4.01. The van der Waals surface area contributed by atoms with E-state index in [-0.39, 0.29) is 41.3 Å². The van der Waals surface area contributed by atoms with E-state index in [0.717, 1.165) is 12.5 Å². The van der Waals surface area contributed by atoms with Crippen LogP contribution in [0.1, 0.15) is 12.1 Å². The molecule has 2 aliphatic carbocycles. The van der Waals surface area contributed by atoms with Gasteiger partial charge in [-0.1, -0.05) is 29.6 Å². The molecule has 4 unspecified atom stereocenters. The molecule has 6 nitrogen and oxygen atoms in total. The highest BCUT2D eigenvalue weighted by Gasteiger charge is 2.60. The Hall–Kier alpha value is -3.27. The van der Waals surface area contributed by atoms with Gasteiger partial charge in [0.15, 0.2) is 5.13 Å². The summed E-state index contributed by atoms with van der Waals surface area (Å²) in [5, 5.41) is 3.20. The van der Waals surface area contributed by atoms with E-state index < -0.39 is 11.9 Å². The predicted molar refractivity (Wildman–Crippen MR) is 112 cm³/mol. The minimum absolute atomic E-state index is 0.0598. The number of carbonyl (C=O) groups is 2. The van der Waals surface area contributed by atoms with Crippen molar-refractivity contribution >= 4 is 50.0 Å². The number of imide groups is 1. The number of nitrogens with zero attached hydrogens (tertiary/aromatic N) is 3. The molecule has 3 aromatic rings. The fraction of sp³-hybridized carbons (Fsp3) is 0.273. The monoisotopic (exact) mass is 456 g/mol. The molecule has 2 fully saturated rings. The molecular weight excluding hydrogens is 441 g/mol. The number of anilines is 3. The Labute approximate surface area is 183 Å². The zero-order valence-electron chi connectivity index (χ0n) is 16.3. The smallest absolute Gasteiger partial charge is 0.340 e. The molecule has 1 aromatic carbocycles. The van der Waals surface area contributed by atoms with Crippen molar-refractivity contribution in [2.75, 3.05) is 10.2 Å². The van der Waals surface area contributed by atoms with Crippen LogP contribution in [0.3, 0.4) is 0 Å². The standard InChI is InChI=1S/C22H15F3N4O2S/c23-22(24,25)15-2-1-3-16(28-15)26-12-6-7-13-14(9-12)32-21(27-13)29-19(30)17-10-4-5-11(8-10)18(17)20(29)31/h1-7,9-11,17-18H,8H2,(H,26,28). The van der Waals surface area contributed by atoms with Crippen LogP contribution in [-0.2, 0) is 15.8 Å². The Morgan fingerprint density at radius 1 is 1.00 bits per heavy atom. The third kappa shape index (κ3) is 2.85. The minimum Gasteiger partial charge on any atom is -0.340 e. The van der Waals surface area contributed by atoms with E-state index in [4.69, 9.17) is 0 Å². The highest BCUT2D eigenvalue weighted by atomic mass is 32.1. The predicted octanol–water partition coefficient (Wildman–Crippen LogP) is 4.77. The molecule has 0 radical (unpaired) electrons. The van der Waals surface area contributed by atoms with E-state index in [2.05, 4.69) is 15.3 Å². The number of amides is 2. The zero-order valence-corrected chi connectivity index (χ0v) is 17.2. The first-order valence-electron chi connectivity index (χ1n) is 10.1. The number of nitrogens with one attached hydrogen (secondary N) is 1. The lowest BCUT2D eigenvalue weighted by molar-refractivity contribution is -0.141. The van der Waals surface area contributed by atoms with Crippen LogP contribution in [-0.4, -0.2) is 21.8 Å². The summed E-state index contributed by atoms with van der Waals surface area (Å²) >= 11 is 1.21. The molecule has 162 valence electrons. The fourth-order valence-corrected chi connectivity index (χ4v) is 6.00. The molecule has 3 heterocycles. The molecule has 1 saturated carbocycles. The van der Waals surface area contributed by atoms with Crippen LogP contribution >= 0.6 is 11.3 Å². The number of rotatable bonds is 3. The van der Waals surface area contributed by atoms with E-state index in [1.54, 1.807) is 18.2 Å². The van der Waals surface area contributed by atoms with Crippen LogP contribution in [0.5, 0.6) is 0 Å². The van der Waals surface area contributed by atoms with Crippen LogP contribution in [0, 0.1) is 23.7 Å². The Bertz CT molecular complexity index is 1290. The highest BCUT2D eigenvalue weighted by molar-refractivity contribution is 7.22. The lowest BCUT2D eigenvalue weighted by Crippen LogP contribution is -2.32. The van der Waals surface area contributed by atoms with Gasteiger partial charge in [0.1, 0.15) is 11.5 Å². The number of aromatic nitrogens is 2. The van der Waals surface area contributed by atoms with Gasteiger partial charge in [0.25, 0.3) is 0 Å². The van der Waals surface area contributed by atoms with E-state index in [1.807, 2.05) is 12.2 Å². The SMILES string of the molecule is O=C1C2C3C=CC(C3)C2C(=O)N1c1nc2ccc(Nc3cccc(C(F)(F)F)n3)cc2s1. The summed E-state index contributed by atoms with van der Waals surface area (Å²) in [7, 11) is 0. The molecule has 2 bridgehead atoms. The van der Waals surface area contributed by atoms with Gasteiger partial charge in [-0.2, -0.15) is 13.2 Å². The Balaban J connectivity index is 1.29. The van der Waals surface area contributed by atoms with Gasteiger partial charge in [0.05, 0.1) is 22.1 Å². The van der Waals surface area contributed by atoms with E-state index in [9.17, 15) is 22.8 Å². The summed E-state index contributed by atoms with van der Waals surface area (Å²) in [5.41, 5.74) is 0.146. The van der Waals surface area contributed by atoms with Crippen LogP contribution in [0.25, 0.3) is 10.2 Å². The van der Waals surface area contributed by atoms with Crippen molar-refractivity contribution in [3.05, 3.63) is 54.2 Å². The van der Waals surface area contributed by atoms with Crippen LogP contribution in [0.2, 0.25) is 0 Å². The van der Waals surface area contributed by atoms with Crippen molar-refractivity contribution in [3.63, 3.8) is 0 Å². The number of allylic oxidation sites excluding steroid dienone is 2. The molecule has 1 saturated heterocycles. The lowest BCUT2D eigenvalue weighted by atomic mass is 9.85. The van der Waals surface area contributed by atoms with Crippen LogP contribution in [0.15, 0.2) is 48.6 Å². The summed E-state index contributed by atoms with van der Waals surface area (Å²) in [6.45, 7) is 0. The summed E-state index contributed by atoms with van der Waals surface area (Å²) in [4.78, 5) is 35.3. The quantitative estimate of drug-likeness (QED) is 0.454. The number of hydrogen-bond acceptors (Lipinski definition) is 6. The Morgan fingerprint density at radius 2 is 1.72 bits per heavy atom. The zero-order chi connectivity index (χ0) is 22.2. The lowest BCUT2D eigenvalue weighted by Gasteiger charge is -2.14. The molecule has 1 N–H and O–H groups in total. The number of pyridine rings is 1. The van der Waals surface area contributed by atoms with Gasteiger partial charge in [-0.05, 0) is 48.6 Å². The van der Waals surface area contributed by atoms with Crippen molar-refractivity contribution in [1.82, 2.24) is 9.97 Å². The molecule has 1 aliphatic heterocycles. The van der Waals surface area contributed by atoms with Gasteiger partial charge in [-0.3, -0.25) is 9.59 Å². The van der Waals surface area contributed by atoms with E-state index >= 15 is 0 Å². The van der Waals surface area contributed by atoms with E-state index in [0.29, 0.717) is 21.0 Å². The second-order valence-electron chi connectivity index (χ2n) is 8.22. The summed E-state index contributed by atoms with van der Waals surface area (Å²) in [6, 6.07) is 8.72. The second-order valence-corrected chi connectivity index (χ2v) is 9.23. The van der Waals surface area contributed by atoms with Crippen molar-refractivity contribution in [2.45, 2.75) is 12.6 Å². The molecule has 6 rings (SSSR count). The molecule has 10 heteroatoms. The van der Waals surface area contributed by atoms with Crippen molar-refractivity contribution in [1.29, 1.82) is 0 Å². The largest absolute Gasteiger partial charge is 0.433 e. The first-order chi connectivity index (χ1) is 15.3. The number of halogens is 3. The van der Waals surface area contributed by atoms with Gasteiger partial charge in [-0.15, -0.1) is 0 Å². The molecule has 0 spiro atoms. The van der Waals surface area contributed by atoms with Gasteiger partial charge >= 0.3 is 6.18 Å². The summed E-state index contributed by atoms with van der Waals surface area (Å²) < 4.78 is 39.4. The van der Waals surface area contributed by atoms with Gasteiger partial charge in [-0.25, -0.2) is 14.9 Å². The van der Waals surface area contributed by atoms with Crippen LogP contribution < -0.4 is 10.2 Å². The molecule has 3 aliphatic rings. The minimum atomic E-state index is -4.53. The maximum absolute atomic E-state index is 13.0. The fourth-order valence-electron chi connectivity index (χ4n) is 4.99. The van der Waals surface area contributed by atoms with Crippen LogP contribution in [0.4, 0.5) is 29.8 Å². The molecule has 2 amide bonds. The number of thiazole rings is 1. The summed E-state index contributed by atoms with van der Waals surface area (Å²) in [6.07, 6.45) is 0.409. The number of carbonyl (C=O) groups excluding carboxylic acids is 2. The number of hydrogen-bond donors (Lipinski definition) is 1. The first kappa shape index (κ1) is 19.4. The van der Waals surface area contributed by atoms with Crippen molar-refractivity contribution in [3.8, 4) is 0 Å². The average molecular weight is 456 g/mol. The average Bonchev–Trinajstić information content (AvgIpc) is 3.50. The first-order valence-corrected chi connectivity index (χ1v) is 10.9. The maximum atomic E-state index is 13.0. The third-order valence-corrected chi connectivity index (χ3v) is 7.35. The molecule has 2 aromatic heterocycles. The molecule has 32 heavy (non-hydrogen) atoms. The number of benzene rings is 1. The topological polar surface area (TPSA) is 75.2 Å². The van der Waals surface area contributed by atoms with Gasteiger partial charge in [0, 0.05) is 5.69 Å². The Morgan fingerprint density at radius 3 is 2.41 bits per heavy atom. The maximum Gasteiger partial charge on any atom is 0.433 e. The molecular formula is C22H15F3N4O2S. The summed E-state index contributed by atoms with van der Waals surface area (Å²) in [5.74, 6) is -0.676. The normalized spacial score (nSPS) is 26.4. The molecule has 4 atom stereocenters. The second kappa shape index (κ2) is 6.61. The number of fused-ring (bicyclic) bond motifs is 6. The van der Waals surface area contributed by atoms with Gasteiger partial charge in [0.2, 0.25) is 11.8 Å². The van der Waals surface area contributed by atoms with Gasteiger partial charge < -0.3 is 5.32 Å².